The van der Waals surface area contributed by atoms with E-state index < -0.39 is 15.3 Å². The average molecular weight is 646 g/mol. The van der Waals surface area contributed by atoms with Crippen LogP contribution in [0.4, 0.5) is 10.1 Å². The molecule has 2 heterocycles. The smallest absolute Gasteiger partial charge is 0.181 e. The summed E-state index contributed by atoms with van der Waals surface area (Å²) in [6.45, 7) is 8.36. The van der Waals surface area contributed by atoms with Crippen molar-refractivity contribution in [2.75, 3.05) is 37.6 Å². The minimum atomic E-state index is -3.26. The van der Waals surface area contributed by atoms with Crippen molar-refractivity contribution in [1.29, 1.82) is 5.26 Å². The second-order valence-corrected chi connectivity index (χ2v) is 16.5. The van der Waals surface area contributed by atoms with Crippen molar-refractivity contribution >= 4 is 21.3 Å². The lowest BCUT2D eigenvalue weighted by atomic mass is 9.57. The maximum Gasteiger partial charge on any atom is 0.181 e. The molecule has 0 bridgehead atoms. The Bertz CT molecular complexity index is 1530. The van der Waals surface area contributed by atoms with Gasteiger partial charge < -0.3 is 9.80 Å². The summed E-state index contributed by atoms with van der Waals surface area (Å²) in [5.74, 6) is 0.462. The molecular weight excluding hydrogens is 598 g/mol. The van der Waals surface area contributed by atoms with Crippen molar-refractivity contribution in [2.45, 2.75) is 86.2 Å². The number of nitrogens with zero attached hydrogens (tertiary/aromatic N) is 3. The number of nitriles is 1. The van der Waals surface area contributed by atoms with Gasteiger partial charge in [-0.2, -0.15) is 5.26 Å². The maximum absolute atomic E-state index is 14.6. The summed E-state index contributed by atoms with van der Waals surface area (Å²) in [5.41, 5.74) is 1.02. The number of hydrogen-bond donors (Lipinski definition) is 0. The Morgan fingerprint density at radius 1 is 0.978 bits per heavy atom. The normalized spacial score (nSPS) is 25.0. The van der Waals surface area contributed by atoms with E-state index >= 15 is 0 Å². The molecule has 0 radical (unpaired) electrons. The van der Waals surface area contributed by atoms with E-state index in [2.05, 4.69) is 22.4 Å². The molecule has 8 heteroatoms. The number of rotatable bonds is 11. The maximum atomic E-state index is 14.6. The van der Waals surface area contributed by atoms with Gasteiger partial charge in [0.2, 0.25) is 0 Å². The predicted octanol–water partition coefficient (Wildman–Crippen LogP) is 7.10. The van der Waals surface area contributed by atoms with Gasteiger partial charge in [0.15, 0.2) is 15.6 Å². The summed E-state index contributed by atoms with van der Waals surface area (Å²) < 4.78 is 40.8. The zero-order valence-electron chi connectivity index (χ0n) is 27.0. The van der Waals surface area contributed by atoms with E-state index in [4.69, 9.17) is 0 Å². The first-order chi connectivity index (χ1) is 22.2. The van der Waals surface area contributed by atoms with Gasteiger partial charge in [0.1, 0.15) is 5.82 Å². The van der Waals surface area contributed by atoms with Gasteiger partial charge in [-0.15, -0.1) is 0 Å². The molecule has 4 fully saturated rings. The number of anilines is 1. The van der Waals surface area contributed by atoms with Crippen LogP contribution in [0.2, 0.25) is 0 Å². The van der Waals surface area contributed by atoms with Crippen LogP contribution in [0.5, 0.6) is 0 Å². The molecule has 2 saturated heterocycles. The molecule has 2 saturated carbocycles. The van der Waals surface area contributed by atoms with Crippen LogP contribution in [-0.4, -0.2) is 57.1 Å². The second-order valence-electron chi connectivity index (χ2n) is 14.3. The van der Waals surface area contributed by atoms with E-state index in [0.717, 1.165) is 108 Å². The van der Waals surface area contributed by atoms with E-state index in [1.807, 2.05) is 18.2 Å². The summed E-state index contributed by atoms with van der Waals surface area (Å²) in [4.78, 5) is 17.7. The lowest BCUT2D eigenvalue weighted by molar-refractivity contribution is -0.115. The average Bonchev–Trinajstić information content (AvgIpc) is 3.52. The van der Waals surface area contributed by atoms with Gasteiger partial charge in [0.05, 0.1) is 21.6 Å². The highest BCUT2D eigenvalue weighted by Crippen LogP contribution is 2.53. The van der Waals surface area contributed by atoms with E-state index in [1.165, 1.54) is 12.1 Å². The van der Waals surface area contributed by atoms with Gasteiger partial charge in [0.25, 0.3) is 0 Å². The first kappa shape index (κ1) is 32.9. The highest BCUT2D eigenvalue weighted by atomic mass is 32.2. The number of allylic oxidation sites excluding steroid dienone is 1. The van der Waals surface area contributed by atoms with Gasteiger partial charge in [-0.25, -0.2) is 12.8 Å². The first-order valence-electron chi connectivity index (χ1n) is 17.4. The lowest BCUT2D eigenvalue weighted by Gasteiger charge is -2.48. The fourth-order valence-corrected chi connectivity index (χ4v) is 11.1. The highest BCUT2D eigenvalue weighted by Gasteiger charge is 2.52. The Labute approximate surface area is 274 Å². The second kappa shape index (κ2) is 14.0. The number of sulfone groups is 1. The number of hydrogen-bond acceptors (Lipinski definition) is 6. The molecule has 3 atom stereocenters. The number of piperidine rings is 1. The minimum Gasteiger partial charge on any atom is -0.371 e. The molecule has 2 aliphatic carbocycles. The summed E-state index contributed by atoms with van der Waals surface area (Å²) >= 11 is 0. The Morgan fingerprint density at radius 2 is 1.70 bits per heavy atom. The summed E-state index contributed by atoms with van der Waals surface area (Å²) in [6, 6.07) is 16.9. The van der Waals surface area contributed by atoms with Crippen LogP contribution in [0.25, 0.3) is 0 Å². The first-order valence-corrected chi connectivity index (χ1v) is 18.9. The zero-order valence-corrected chi connectivity index (χ0v) is 27.8. The number of ketones is 1. The quantitative estimate of drug-likeness (QED) is 0.243. The van der Waals surface area contributed by atoms with Crippen LogP contribution in [0.15, 0.2) is 66.1 Å². The number of likely N-dealkylation sites (tertiary alicyclic amines) is 1. The SMILES string of the molecule is C=CC(=O)C[C@H]1CCC[C@@H]1[C@](C#N)(c1cccc(F)c1)C1CCN(CC2CN(c3ccc(S(=O)(=O)C4CCCCC4)cc3)C2)CC1. The minimum absolute atomic E-state index is 0.0176. The lowest BCUT2D eigenvalue weighted by Crippen LogP contribution is -2.54. The van der Waals surface area contributed by atoms with E-state index in [9.17, 15) is 22.9 Å². The topological polar surface area (TPSA) is 81.5 Å². The van der Waals surface area contributed by atoms with Crippen molar-refractivity contribution in [2.24, 2.45) is 23.7 Å². The largest absolute Gasteiger partial charge is 0.371 e. The molecule has 2 aromatic rings. The van der Waals surface area contributed by atoms with Crippen LogP contribution < -0.4 is 4.90 Å². The third-order valence-corrected chi connectivity index (χ3v) is 13.9. The number of carbonyl (C=O) groups excluding carboxylic acids is 1. The Hall–Kier alpha value is -3.02. The number of halogens is 1. The van der Waals surface area contributed by atoms with Crippen molar-refractivity contribution in [3.63, 3.8) is 0 Å². The van der Waals surface area contributed by atoms with Crippen LogP contribution in [0.3, 0.4) is 0 Å². The van der Waals surface area contributed by atoms with E-state index in [1.54, 1.807) is 24.3 Å². The third-order valence-electron chi connectivity index (χ3n) is 11.6. The number of benzene rings is 2. The molecule has 4 aliphatic rings. The third kappa shape index (κ3) is 6.55. The molecule has 2 aliphatic heterocycles. The highest BCUT2D eigenvalue weighted by molar-refractivity contribution is 7.92. The van der Waals surface area contributed by atoms with E-state index in [0.29, 0.717) is 17.2 Å². The molecule has 0 unspecified atom stereocenters. The van der Waals surface area contributed by atoms with Crippen molar-refractivity contribution in [3.8, 4) is 6.07 Å². The van der Waals surface area contributed by atoms with Gasteiger partial charge in [-0.3, -0.25) is 4.79 Å². The molecular formula is C38H48FN3O3S. The van der Waals surface area contributed by atoms with Crippen LogP contribution in [0, 0.1) is 40.8 Å². The predicted molar refractivity (Wildman–Crippen MR) is 180 cm³/mol. The fraction of sp³-hybridized carbons (Fsp3) is 0.579. The summed E-state index contributed by atoms with van der Waals surface area (Å²) in [5, 5.41) is 10.7. The van der Waals surface area contributed by atoms with Gasteiger partial charge >= 0.3 is 0 Å². The van der Waals surface area contributed by atoms with Gasteiger partial charge in [-0.05, 0) is 117 Å². The monoisotopic (exact) mass is 645 g/mol. The van der Waals surface area contributed by atoms with Crippen LogP contribution in [0.1, 0.15) is 76.2 Å². The molecule has 6 nitrogen and oxygen atoms in total. The van der Waals surface area contributed by atoms with Crippen LogP contribution in [-0.2, 0) is 20.0 Å². The zero-order chi connectivity index (χ0) is 32.3. The Morgan fingerprint density at radius 3 is 2.35 bits per heavy atom. The van der Waals surface area contributed by atoms with Gasteiger partial charge in [0, 0.05) is 37.7 Å². The molecule has 46 heavy (non-hydrogen) atoms. The molecule has 0 spiro atoms. The number of carbonyl (C=O) groups is 1. The molecule has 6 rings (SSSR count). The van der Waals surface area contributed by atoms with Crippen molar-refractivity contribution in [1.82, 2.24) is 4.90 Å². The molecule has 0 N–H and O–H groups in total. The van der Waals surface area contributed by atoms with Crippen molar-refractivity contribution < 1.29 is 17.6 Å². The molecule has 0 aromatic heterocycles. The standard InChI is InChI=1S/C38H48FN3O3S/c1-2-34(43)22-29-8-6-13-37(29)38(27-40,31-9-7-10-32(39)23-31)30-18-20-41(21-19-30)24-28-25-42(26-28)33-14-16-36(17-15-33)46(44,45)35-11-4-3-5-12-35/h2,7,9-10,14-17,23,28-30,35,37H,1,3-6,8,11-13,18-22,24-26H2/t29-,37+,38+/m1/s1. The van der Waals surface area contributed by atoms with Crippen LogP contribution >= 0.6 is 0 Å². The Balaban J connectivity index is 1.07. The summed E-state index contributed by atoms with van der Waals surface area (Å²) in [7, 11) is -3.26. The van der Waals surface area contributed by atoms with Gasteiger partial charge in [-0.1, -0.05) is 44.4 Å². The molecule has 2 aromatic carbocycles. The fourth-order valence-electron chi connectivity index (χ4n) is 9.21. The summed E-state index contributed by atoms with van der Waals surface area (Å²) in [6.07, 6.45) is 11.0. The molecule has 246 valence electrons. The van der Waals surface area contributed by atoms with Crippen molar-refractivity contribution in [3.05, 3.63) is 72.6 Å². The van der Waals surface area contributed by atoms with E-state index in [-0.39, 0.29) is 34.6 Å². The molecule has 0 amide bonds. The Kier molecular flexibility index (Phi) is 10.0.